The predicted octanol–water partition coefficient (Wildman–Crippen LogP) is 3.45. The van der Waals surface area contributed by atoms with Crippen molar-refractivity contribution in [2.75, 3.05) is 11.9 Å². The molecule has 0 saturated heterocycles. The second-order valence-electron chi connectivity index (χ2n) is 5.37. The van der Waals surface area contributed by atoms with Crippen molar-refractivity contribution < 1.29 is 0 Å². The first-order chi connectivity index (χ1) is 10.7. The summed E-state index contributed by atoms with van der Waals surface area (Å²) in [6, 6.07) is 18.3. The van der Waals surface area contributed by atoms with E-state index < -0.39 is 0 Å². The molecule has 0 fully saturated rings. The molecule has 4 heteroatoms. The molecule has 2 aromatic carbocycles. The zero-order valence-electron chi connectivity index (χ0n) is 12.6. The van der Waals surface area contributed by atoms with Crippen molar-refractivity contribution in [1.82, 2.24) is 10.2 Å². The van der Waals surface area contributed by atoms with Crippen molar-refractivity contribution in [1.29, 1.82) is 5.26 Å². The van der Waals surface area contributed by atoms with Crippen molar-refractivity contribution in [3.8, 4) is 6.07 Å². The van der Waals surface area contributed by atoms with Gasteiger partial charge in [0.25, 0.3) is 0 Å². The Bertz CT molecular complexity index is 850. The number of aryl methyl sites for hydroxylation is 1. The lowest BCUT2D eigenvalue weighted by atomic mass is 10.1. The molecule has 0 aliphatic rings. The van der Waals surface area contributed by atoms with Gasteiger partial charge in [0, 0.05) is 19.0 Å². The van der Waals surface area contributed by atoms with Crippen LogP contribution >= 0.6 is 0 Å². The molecule has 3 aromatic rings. The van der Waals surface area contributed by atoms with Crippen molar-refractivity contribution in [2.45, 2.75) is 13.5 Å². The lowest BCUT2D eigenvalue weighted by molar-refractivity contribution is 0.909. The van der Waals surface area contributed by atoms with Gasteiger partial charge < -0.3 is 4.90 Å². The van der Waals surface area contributed by atoms with Crippen LogP contribution < -0.4 is 4.90 Å². The molecule has 0 amide bonds. The largest absolute Gasteiger partial charge is 0.367 e. The number of hydrogen-bond acceptors (Lipinski definition) is 4. The predicted molar refractivity (Wildman–Crippen MR) is 87.5 cm³/mol. The van der Waals surface area contributed by atoms with Crippen LogP contribution in [0.4, 0.5) is 5.69 Å². The number of hydrogen-bond donors (Lipinski definition) is 0. The molecule has 0 bridgehead atoms. The molecule has 0 saturated carbocycles. The molecule has 1 aromatic heterocycles. The highest BCUT2D eigenvalue weighted by molar-refractivity contribution is 5.93. The van der Waals surface area contributed by atoms with E-state index in [1.165, 1.54) is 5.56 Å². The first-order valence-corrected chi connectivity index (χ1v) is 7.11. The van der Waals surface area contributed by atoms with Gasteiger partial charge in [0.05, 0.1) is 11.2 Å². The maximum absolute atomic E-state index is 9.38. The first kappa shape index (κ1) is 14.0. The van der Waals surface area contributed by atoms with Gasteiger partial charge in [-0.2, -0.15) is 5.26 Å². The van der Waals surface area contributed by atoms with Gasteiger partial charge in [0.2, 0.25) is 0 Å². The van der Waals surface area contributed by atoms with E-state index in [1.807, 2.05) is 44.3 Å². The van der Waals surface area contributed by atoms with E-state index in [-0.39, 0.29) is 0 Å². The molecule has 0 aliphatic carbocycles. The second-order valence-corrected chi connectivity index (χ2v) is 5.37. The van der Waals surface area contributed by atoms with Crippen LogP contribution in [0.15, 0.2) is 48.5 Å². The Kier molecular flexibility index (Phi) is 3.71. The van der Waals surface area contributed by atoms with Crippen LogP contribution in [0.2, 0.25) is 0 Å². The smallest absolute Gasteiger partial charge is 0.187 e. The Hall–Kier alpha value is -2.93. The Morgan fingerprint density at radius 1 is 1.09 bits per heavy atom. The Morgan fingerprint density at radius 2 is 1.86 bits per heavy atom. The Morgan fingerprint density at radius 3 is 2.59 bits per heavy atom. The van der Waals surface area contributed by atoms with Crippen molar-refractivity contribution in [3.05, 3.63) is 65.4 Å². The van der Waals surface area contributed by atoms with Crippen LogP contribution in [0.5, 0.6) is 0 Å². The molecule has 22 heavy (non-hydrogen) atoms. The third-order valence-electron chi connectivity index (χ3n) is 3.64. The molecule has 0 radical (unpaired) electrons. The molecule has 0 atom stereocenters. The van der Waals surface area contributed by atoms with Gasteiger partial charge in [-0.3, -0.25) is 0 Å². The fraction of sp³-hybridized carbons (Fsp3) is 0.167. The first-order valence-electron chi connectivity index (χ1n) is 7.11. The van der Waals surface area contributed by atoms with Gasteiger partial charge >= 0.3 is 0 Å². The molecule has 0 unspecified atom stereocenters. The van der Waals surface area contributed by atoms with Crippen LogP contribution in [0.3, 0.4) is 0 Å². The lowest BCUT2D eigenvalue weighted by Crippen LogP contribution is -2.19. The Labute approximate surface area is 129 Å². The third kappa shape index (κ3) is 2.61. The molecular formula is C18H16N4. The number of anilines is 1. The number of benzene rings is 2. The molecule has 0 spiro atoms. The van der Waals surface area contributed by atoms with Crippen LogP contribution in [0.1, 0.15) is 16.8 Å². The zero-order chi connectivity index (χ0) is 15.5. The summed E-state index contributed by atoms with van der Waals surface area (Å²) in [7, 11) is 1.98. The van der Waals surface area contributed by atoms with Crippen molar-refractivity contribution >= 4 is 16.6 Å². The summed E-state index contributed by atoms with van der Waals surface area (Å²) in [5.74, 6) is 0. The van der Waals surface area contributed by atoms with Gasteiger partial charge in [-0.25, -0.2) is 0 Å². The number of fused-ring (bicyclic) bond motifs is 1. The SMILES string of the molecule is Cc1ccc2nnc(C#N)c(N(C)Cc3ccccc3)c2c1. The number of aromatic nitrogens is 2. The minimum absolute atomic E-state index is 0.358. The molecule has 0 N–H and O–H groups in total. The number of rotatable bonds is 3. The van der Waals surface area contributed by atoms with Gasteiger partial charge in [-0.05, 0) is 24.6 Å². The van der Waals surface area contributed by atoms with Crippen molar-refractivity contribution in [2.24, 2.45) is 0 Å². The van der Waals surface area contributed by atoms with E-state index in [0.29, 0.717) is 12.2 Å². The maximum Gasteiger partial charge on any atom is 0.187 e. The van der Waals surface area contributed by atoms with E-state index in [2.05, 4.69) is 39.4 Å². The summed E-state index contributed by atoms with van der Waals surface area (Å²) in [6.45, 7) is 2.75. The molecule has 1 heterocycles. The molecular weight excluding hydrogens is 272 g/mol. The van der Waals surface area contributed by atoms with E-state index in [9.17, 15) is 5.26 Å². The topological polar surface area (TPSA) is 52.8 Å². The highest BCUT2D eigenvalue weighted by Crippen LogP contribution is 2.28. The summed E-state index contributed by atoms with van der Waals surface area (Å²) in [6.07, 6.45) is 0. The van der Waals surface area contributed by atoms with Gasteiger partial charge in [-0.1, -0.05) is 42.0 Å². The molecule has 108 valence electrons. The van der Waals surface area contributed by atoms with E-state index >= 15 is 0 Å². The summed E-state index contributed by atoms with van der Waals surface area (Å²) >= 11 is 0. The lowest BCUT2D eigenvalue weighted by Gasteiger charge is -2.21. The van der Waals surface area contributed by atoms with Gasteiger partial charge in [0.15, 0.2) is 5.69 Å². The van der Waals surface area contributed by atoms with E-state index in [0.717, 1.165) is 22.2 Å². The molecule has 0 aliphatic heterocycles. The van der Waals surface area contributed by atoms with Crippen molar-refractivity contribution in [3.63, 3.8) is 0 Å². The highest BCUT2D eigenvalue weighted by atomic mass is 15.2. The van der Waals surface area contributed by atoms with Crippen LogP contribution in [-0.4, -0.2) is 17.2 Å². The quantitative estimate of drug-likeness (QED) is 0.740. The molecule has 3 rings (SSSR count). The maximum atomic E-state index is 9.38. The van der Waals surface area contributed by atoms with Crippen LogP contribution in [0.25, 0.3) is 10.9 Å². The van der Waals surface area contributed by atoms with E-state index in [1.54, 1.807) is 0 Å². The van der Waals surface area contributed by atoms with Crippen LogP contribution in [-0.2, 0) is 6.54 Å². The number of nitriles is 1. The summed E-state index contributed by atoms with van der Waals surface area (Å²) in [5.41, 5.74) is 4.32. The normalized spacial score (nSPS) is 10.4. The minimum atomic E-state index is 0.358. The summed E-state index contributed by atoms with van der Waals surface area (Å²) < 4.78 is 0. The van der Waals surface area contributed by atoms with Crippen LogP contribution in [0, 0.1) is 18.3 Å². The summed E-state index contributed by atoms with van der Waals surface area (Å²) in [4.78, 5) is 2.06. The highest BCUT2D eigenvalue weighted by Gasteiger charge is 2.15. The minimum Gasteiger partial charge on any atom is -0.367 e. The number of nitrogens with zero attached hydrogens (tertiary/aromatic N) is 4. The average Bonchev–Trinajstić information content (AvgIpc) is 2.54. The fourth-order valence-corrected chi connectivity index (χ4v) is 2.60. The zero-order valence-corrected chi connectivity index (χ0v) is 12.6. The average molecular weight is 288 g/mol. The monoisotopic (exact) mass is 288 g/mol. The third-order valence-corrected chi connectivity index (χ3v) is 3.64. The fourth-order valence-electron chi connectivity index (χ4n) is 2.60. The standard InChI is InChI=1S/C18H16N4/c1-13-8-9-16-15(10-13)18(17(11-19)21-20-16)22(2)12-14-6-4-3-5-7-14/h3-10H,12H2,1-2H3. The second kappa shape index (κ2) is 5.82. The summed E-state index contributed by atoms with van der Waals surface area (Å²) in [5, 5.41) is 18.6. The van der Waals surface area contributed by atoms with E-state index in [4.69, 9.17) is 0 Å². The Balaban J connectivity index is 2.11. The van der Waals surface area contributed by atoms with Gasteiger partial charge in [-0.15, -0.1) is 10.2 Å². The molecule has 4 nitrogen and oxygen atoms in total. The van der Waals surface area contributed by atoms with Gasteiger partial charge in [0.1, 0.15) is 6.07 Å².